The van der Waals surface area contributed by atoms with Crippen molar-refractivity contribution in [2.45, 2.75) is 25.3 Å². The van der Waals surface area contributed by atoms with Gasteiger partial charge in [-0.2, -0.15) is 0 Å². The van der Waals surface area contributed by atoms with E-state index in [1.54, 1.807) is 0 Å². The van der Waals surface area contributed by atoms with E-state index >= 15 is 0 Å². The smallest absolute Gasteiger partial charge is 0.128 e. The van der Waals surface area contributed by atoms with Gasteiger partial charge in [0, 0.05) is 19.8 Å². The number of rotatable bonds is 5. The third kappa shape index (κ3) is 3.11. The minimum absolute atomic E-state index is 0.101. The van der Waals surface area contributed by atoms with Crippen molar-refractivity contribution in [2.75, 3.05) is 37.0 Å². The molecule has 0 amide bonds. The van der Waals surface area contributed by atoms with Crippen LogP contribution in [0.2, 0.25) is 0 Å². The van der Waals surface area contributed by atoms with E-state index in [2.05, 4.69) is 15.6 Å². The Kier molecular flexibility index (Phi) is 4.38. The zero-order valence-electron chi connectivity index (χ0n) is 10.8. The van der Waals surface area contributed by atoms with E-state index in [9.17, 15) is 5.11 Å². The second kappa shape index (κ2) is 6.02. The van der Waals surface area contributed by atoms with Gasteiger partial charge in [0.1, 0.15) is 11.6 Å². The summed E-state index contributed by atoms with van der Waals surface area (Å²) in [6.07, 6.45) is 1.60. The van der Waals surface area contributed by atoms with Crippen LogP contribution in [0.15, 0.2) is 18.2 Å². The molecular formula is C13H21N3O2. The summed E-state index contributed by atoms with van der Waals surface area (Å²) in [6.45, 7) is 4.34. The van der Waals surface area contributed by atoms with Crippen LogP contribution < -0.4 is 10.6 Å². The molecule has 1 saturated heterocycles. The Balaban J connectivity index is 2.08. The molecule has 0 radical (unpaired) electrons. The molecule has 0 aromatic carbocycles. The first-order valence-electron chi connectivity index (χ1n) is 6.46. The van der Waals surface area contributed by atoms with E-state index in [-0.39, 0.29) is 12.1 Å². The van der Waals surface area contributed by atoms with Gasteiger partial charge < -0.3 is 20.5 Å². The quantitative estimate of drug-likeness (QED) is 0.739. The first kappa shape index (κ1) is 13.1. The van der Waals surface area contributed by atoms with E-state index in [1.165, 1.54) is 0 Å². The first-order valence-corrected chi connectivity index (χ1v) is 6.46. The van der Waals surface area contributed by atoms with Crippen molar-refractivity contribution >= 4 is 11.6 Å². The Labute approximate surface area is 108 Å². The van der Waals surface area contributed by atoms with Gasteiger partial charge >= 0.3 is 0 Å². The van der Waals surface area contributed by atoms with Crippen LogP contribution >= 0.6 is 0 Å². The fourth-order valence-electron chi connectivity index (χ4n) is 2.14. The number of nitrogens with zero attached hydrogens (tertiary/aromatic N) is 1. The van der Waals surface area contributed by atoms with Crippen LogP contribution in [0.1, 0.15) is 19.8 Å². The number of aliphatic hydroxyl groups is 1. The van der Waals surface area contributed by atoms with Crippen LogP contribution in [0, 0.1) is 0 Å². The lowest BCUT2D eigenvalue weighted by Gasteiger charge is -2.36. The molecule has 18 heavy (non-hydrogen) atoms. The molecule has 2 rings (SSSR count). The van der Waals surface area contributed by atoms with Crippen LogP contribution in [-0.4, -0.2) is 42.0 Å². The molecule has 0 saturated carbocycles. The molecule has 0 aliphatic carbocycles. The molecule has 0 atom stereocenters. The van der Waals surface area contributed by atoms with Gasteiger partial charge in [0.15, 0.2) is 0 Å². The molecule has 1 aliphatic rings. The normalized spacial score (nSPS) is 18.3. The van der Waals surface area contributed by atoms with E-state index in [1.807, 2.05) is 25.1 Å². The molecule has 2 heterocycles. The topological polar surface area (TPSA) is 66.4 Å². The molecule has 1 fully saturated rings. The highest BCUT2D eigenvalue weighted by Gasteiger charge is 2.32. The first-order chi connectivity index (χ1) is 8.78. The van der Waals surface area contributed by atoms with Gasteiger partial charge in [0.2, 0.25) is 0 Å². The minimum Gasteiger partial charge on any atom is -0.394 e. The monoisotopic (exact) mass is 251 g/mol. The predicted octanol–water partition coefficient (Wildman–Crippen LogP) is 1.47. The molecule has 100 valence electrons. The molecule has 3 N–H and O–H groups in total. The molecule has 0 spiro atoms. The minimum atomic E-state index is -0.296. The summed E-state index contributed by atoms with van der Waals surface area (Å²) in [5.41, 5.74) is -0.296. The number of aliphatic hydroxyl groups excluding tert-OH is 1. The number of hydrogen-bond donors (Lipinski definition) is 3. The Morgan fingerprint density at radius 3 is 2.72 bits per heavy atom. The number of ether oxygens (including phenoxy) is 1. The molecule has 5 nitrogen and oxygen atoms in total. The van der Waals surface area contributed by atoms with Crippen LogP contribution in [0.3, 0.4) is 0 Å². The van der Waals surface area contributed by atoms with Crippen LogP contribution in [0.25, 0.3) is 0 Å². The maximum absolute atomic E-state index is 9.61. The van der Waals surface area contributed by atoms with Gasteiger partial charge in [0.25, 0.3) is 0 Å². The van der Waals surface area contributed by atoms with Crippen molar-refractivity contribution < 1.29 is 9.84 Å². The van der Waals surface area contributed by atoms with Crippen molar-refractivity contribution in [3.05, 3.63) is 18.2 Å². The summed E-state index contributed by atoms with van der Waals surface area (Å²) in [5.74, 6) is 1.65. The summed E-state index contributed by atoms with van der Waals surface area (Å²) in [4.78, 5) is 4.48. The lowest BCUT2D eigenvalue weighted by molar-refractivity contribution is 0.0378. The highest BCUT2D eigenvalue weighted by molar-refractivity contribution is 5.46. The van der Waals surface area contributed by atoms with Crippen LogP contribution in [0.4, 0.5) is 11.6 Å². The number of pyridine rings is 1. The van der Waals surface area contributed by atoms with Crippen molar-refractivity contribution in [1.82, 2.24) is 4.98 Å². The van der Waals surface area contributed by atoms with E-state index in [0.29, 0.717) is 13.2 Å². The van der Waals surface area contributed by atoms with Crippen molar-refractivity contribution in [3.8, 4) is 0 Å². The SMILES string of the molecule is CCNc1cccc(NC2(CO)CCOCC2)n1. The molecule has 0 bridgehead atoms. The summed E-state index contributed by atoms with van der Waals surface area (Å²) >= 11 is 0. The number of hydrogen-bond acceptors (Lipinski definition) is 5. The highest BCUT2D eigenvalue weighted by Crippen LogP contribution is 2.25. The lowest BCUT2D eigenvalue weighted by atomic mass is 9.91. The van der Waals surface area contributed by atoms with Crippen LogP contribution in [0.5, 0.6) is 0 Å². The molecule has 1 aromatic rings. The van der Waals surface area contributed by atoms with E-state index < -0.39 is 0 Å². The van der Waals surface area contributed by atoms with Gasteiger partial charge in [-0.05, 0) is 31.9 Å². The summed E-state index contributed by atoms with van der Waals surface area (Å²) in [5, 5.41) is 16.2. The van der Waals surface area contributed by atoms with Gasteiger partial charge in [-0.3, -0.25) is 0 Å². The van der Waals surface area contributed by atoms with Gasteiger partial charge in [-0.15, -0.1) is 0 Å². The Hall–Kier alpha value is -1.33. The summed E-state index contributed by atoms with van der Waals surface area (Å²) in [7, 11) is 0. The Morgan fingerprint density at radius 1 is 1.33 bits per heavy atom. The summed E-state index contributed by atoms with van der Waals surface area (Å²) in [6, 6.07) is 5.82. The molecule has 1 aromatic heterocycles. The molecular weight excluding hydrogens is 230 g/mol. The van der Waals surface area contributed by atoms with Gasteiger partial charge in [0.05, 0.1) is 12.1 Å². The maximum Gasteiger partial charge on any atom is 0.128 e. The zero-order valence-corrected chi connectivity index (χ0v) is 10.8. The third-order valence-electron chi connectivity index (χ3n) is 3.25. The van der Waals surface area contributed by atoms with Gasteiger partial charge in [-0.25, -0.2) is 4.98 Å². The number of anilines is 2. The van der Waals surface area contributed by atoms with Crippen LogP contribution in [-0.2, 0) is 4.74 Å². The van der Waals surface area contributed by atoms with Crippen molar-refractivity contribution in [2.24, 2.45) is 0 Å². The fraction of sp³-hybridized carbons (Fsp3) is 0.615. The lowest BCUT2D eigenvalue weighted by Crippen LogP contribution is -2.47. The molecule has 1 aliphatic heterocycles. The number of aromatic nitrogens is 1. The fourth-order valence-corrected chi connectivity index (χ4v) is 2.14. The highest BCUT2D eigenvalue weighted by atomic mass is 16.5. The standard InChI is InChI=1S/C13H21N3O2/c1-2-14-11-4-3-5-12(15-11)16-13(10-17)6-8-18-9-7-13/h3-5,17H,2,6-10H2,1H3,(H2,14,15,16). The predicted molar refractivity (Wildman–Crippen MR) is 71.9 cm³/mol. The largest absolute Gasteiger partial charge is 0.394 e. The Bertz CT molecular complexity index is 378. The van der Waals surface area contributed by atoms with Gasteiger partial charge in [-0.1, -0.05) is 6.07 Å². The average molecular weight is 251 g/mol. The summed E-state index contributed by atoms with van der Waals surface area (Å²) < 4.78 is 5.34. The maximum atomic E-state index is 9.61. The number of nitrogens with one attached hydrogen (secondary N) is 2. The molecule has 5 heteroatoms. The van der Waals surface area contributed by atoms with E-state index in [4.69, 9.17) is 4.74 Å². The third-order valence-corrected chi connectivity index (χ3v) is 3.25. The molecule has 0 unspecified atom stereocenters. The zero-order chi connectivity index (χ0) is 12.8. The second-order valence-corrected chi connectivity index (χ2v) is 4.61. The van der Waals surface area contributed by atoms with Crippen molar-refractivity contribution in [3.63, 3.8) is 0 Å². The Morgan fingerprint density at radius 2 is 2.06 bits per heavy atom. The second-order valence-electron chi connectivity index (χ2n) is 4.61. The average Bonchev–Trinajstić information content (AvgIpc) is 2.41. The van der Waals surface area contributed by atoms with Crippen molar-refractivity contribution in [1.29, 1.82) is 0 Å². The van der Waals surface area contributed by atoms with E-state index in [0.717, 1.165) is 31.0 Å².